The number of rotatable bonds is 59. The van der Waals surface area contributed by atoms with Gasteiger partial charge in [0.2, 0.25) is 5.91 Å². The van der Waals surface area contributed by atoms with Crippen LogP contribution in [-0.2, 0) is 4.79 Å². The molecule has 68 heavy (non-hydrogen) atoms. The number of unbranched alkanes of at least 4 members (excludes halogenated alkanes) is 50. The molecule has 0 saturated carbocycles. The molecule has 0 aromatic rings. The van der Waals surface area contributed by atoms with Crippen LogP contribution >= 0.6 is 0 Å². The molecule has 0 aliphatic heterocycles. The average molecular weight is 957 g/mol. The molecule has 404 valence electrons. The summed E-state index contributed by atoms with van der Waals surface area (Å²) in [5, 5.41) is 23.2. The van der Waals surface area contributed by atoms with Crippen LogP contribution in [0, 0.1) is 0 Å². The highest BCUT2D eigenvalue weighted by Crippen LogP contribution is 2.19. The first kappa shape index (κ1) is 66.9. The van der Waals surface area contributed by atoms with Gasteiger partial charge in [0, 0.05) is 6.42 Å². The highest BCUT2D eigenvalue weighted by molar-refractivity contribution is 5.76. The van der Waals surface area contributed by atoms with Crippen molar-refractivity contribution in [1.29, 1.82) is 0 Å². The summed E-state index contributed by atoms with van der Waals surface area (Å²) < 4.78 is 0. The van der Waals surface area contributed by atoms with Crippen molar-refractivity contribution >= 4 is 5.91 Å². The van der Waals surface area contributed by atoms with E-state index in [0.717, 1.165) is 32.1 Å². The molecule has 4 nitrogen and oxygen atoms in total. The van der Waals surface area contributed by atoms with Crippen LogP contribution in [-0.4, -0.2) is 34.9 Å². The number of hydrogen-bond donors (Lipinski definition) is 3. The number of carbonyl (C=O) groups excluding carboxylic acids is 1. The molecule has 0 aromatic heterocycles. The van der Waals surface area contributed by atoms with Gasteiger partial charge in [0.05, 0.1) is 18.8 Å². The number of amides is 1. The number of allylic oxidation sites excluding steroid dienone is 3. The zero-order valence-corrected chi connectivity index (χ0v) is 46.7. The Morgan fingerprint density at radius 3 is 0.853 bits per heavy atom. The monoisotopic (exact) mass is 956 g/mol. The summed E-state index contributed by atoms with van der Waals surface area (Å²) in [4.78, 5) is 12.5. The molecule has 0 aliphatic rings. The van der Waals surface area contributed by atoms with E-state index in [2.05, 4.69) is 31.3 Å². The molecule has 0 heterocycles. The van der Waals surface area contributed by atoms with Crippen molar-refractivity contribution in [2.75, 3.05) is 6.61 Å². The molecular formula is C64H125NO3. The quantitative estimate of drug-likeness (QED) is 0.0420. The Kier molecular flexibility index (Phi) is 59.2. The minimum Gasteiger partial charge on any atom is -0.394 e. The van der Waals surface area contributed by atoms with Gasteiger partial charge >= 0.3 is 0 Å². The van der Waals surface area contributed by atoms with Gasteiger partial charge in [0.25, 0.3) is 0 Å². The molecule has 0 rings (SSSR count). The summed E-state index contributed by atoms with van der Waals surface area (Å²) in [6.07, 6.45) is 81.0. The molecule has 0 fully saturated rings. The van der Waals surface area contributed by atoms with Gasteiger partial charge in [0.1, 0.15) is 0 Å². The summed E-state index contributed by atoms with van der Waals surface area (Å²) in [6.45, 7) is 4.35. The molecule has 2 unspecified atom stereocenters. The van der Waals surface area contributed by atoms with Gasteiger partial charge in [-0.15, -0.1) is 0 Å². The average Bonchev–Trinajstić information content (AvgIpc) is 3.34. The third kappa shape index (κ3) is 55.8. The molecule has 0 spiro atoms. The van der Waals surface area contributed by atoms with Crippen LogP contribution in [0.15, 0.2) is 24.3 Å². The third-order valence-electron chi connectivity index (χ3n) is 14.9. The Balaban J connectivity index is 3.46. The molecule has 4 heteroatoms. The van der Waals surface area contributed by atoms with Crippen molar-refractivity contribution in [1.82, 2.24) is 5.32 Å². The van der Waals surface area contributed by atoms with E-state index >= 15 is 0 Å². The van der Waals surface area contributed by atoms with Crippen molar-refractivity contribution in [3.8, 4) is 0 Å². The summed E-state index contributed by atoms with van der Waals surface area (Å²) >= 11 is 0. The molecular weight excluding hydrogens is 831 g/mol. The first-order valence-electron chi connectivity index (χ1n) is 31.6. The van der Waals surface area contributed by atoms with Crippen LogP contribution in [0.1, 0.15) is 361 Å². The second-order valence-corrected chi connectivity index (χ2v) is 21.8. The van der Waals surface area contributed by atoms with Gasteiger partial charge in [-0.05, 0) is 32.1 Å². The largest absolute Gasteiger partial charge is 0.394 e. The maximum atomic E-state index is 12.5. The van der Waals surface area contributed by atoms with Crippen LogP contribution in [0.2, 0.25) is 0 Å². The molecule has 0 saturated heterocycles. The molecule has 0 aromatic carbocycles. The second-order valence-electron chi connectivity index (χ2n) is 21.8. The number of aliphatic hydroxyl groups excluding tert-OH is 2. The zero-order chi connectivity index (χ0) is 49.2. The summed E-state index contributed by atoms with van der Waals surface area (Å²) in [5.41, 5.74) is 0. The Hall–Kier alpha value is -1.13. The van der Waals surface area contributed by atoms with Crippen molar-refractivity contribution in [3.63, 3.8) is 0 Å². The van der Waals surface area contributed by atoms with E-state index in [1.807, 2.05) is 6.08 Å². The lowest BCUT2D eigenvalue weighted by molar-refractivity contribution is -0.123. The predicted octanol–water partition coefficient (Wildman–Crippen LogP) is 21.0. The van der Waals surface area contributed by atoms with Gasteiger partial charge in [-0.3, -0.25) is 4.79 Å². The molecule has 0 bridgehead atoms. The van der Waals surface area contributed by atoms with Crippen molar-refractivity contribution in [2.24, 2.45) is 0 Å². The Morgan fingerprint density at radius 1 is 0.338 bits per heavy atom. The molecule has 2 atom stereocenters. The van der Waals surface area contributed by atoms with Gasteiger partial charge in [-0.25, -0.2) is 0 Å². The van der Waals surface area contributed by atoms with E-state index in [0.29, 0.717) is 6.42 Å². The van der Waals surface area contributed by atoms with E-state index in [4.69, 9.17) is 0 Å². The fourth-order valence-electron chi connectivity index (χ4n) is 10.1. The highest BCUT2D eigenvalue weighted by Gasteiger charge is 2.18. The Morgan fingerprint density at radius 2 is 0.574 bits per heavy atom. The van der Waals surface area contributed by atoms with E-state index in [1.54, 1.807) is 6.08 Å². The van der Waals surface area contributed by atoms with E-state index in [9.17, 15) is 15.0 Å². The van der Waals surface area contributed by atoms with Crippen LogP contribution < -0.4 is 5.32 Å². The highest BCUT2D eigenvalue weighted by atomic mass is 16.3. The summed E-state index contributed by atoms with van der Waals surface area (Å²) in [5.74, 6) is -0.0652. The maximum Gasteiger partial charge on any atom is 0.220 e. The summed E-state index contributed by atoms with van der Waals surface area (Å²) in [6, 6.07) is -0.637. The van der Waals surface area contributed by atoms with E-state index < -0.39 is 12.1 Å². The smallest absolute Gasteiger partial charge is 0.220 e. The normalized spacial score (nSPS) is 12.8. The first-order chi connectivity index (χ1) is 33.7. The minimum atomic E-state index is -0.861. The maximum absolute atomic E-state index is 12.5. The SMILES string of the molecule is CCCCCCCCCCCCCCCCCCCCCCCCC/C=C/CC/C=C/C(O)C(CO)NC(=O)CCCCCCCCCCCCCCCCCCCCCCCCCCCCC. The standard InChI is InChI=1S/C64H125NO3/c1-3-5-7-9-11-13-15-17-19-21-23-25-27-29-31-32-34-35-37-39-41-43-45-47-49-51-53-55-57-59-63(67)62(61-66)65-64(68)60-58-56-54-52-50-48-46-44-42-40-38-36-33-30-28-26-24-22-20-18-16-14-12-10-8-6-4-2/h49,51,57,59,62-63,66-67H,3-48,50,52-56,58,60-61H2,1-2H3,(H,65,68)/b51-49+,59-57+. The number of hydrogen-bond acceptors (Lipinski definition) is 3. The predicted molar refractivity (Wildman–Crippen MR) is 304 cm³/mol. The minimum absolute atomic E-state index is 0.0652. The van der Waals surface area contributed by atoms with Crippen LogP contribution in [0.4, 0.5) is 0 Å². The fraction of sp³-hybridized carbons (Fsp3) is 0.922. The Labute approximate surface area is 428 Å². The lowest BCUT2D eigenvalue weighted by atomic mass is 10.0. The molecule has 0 aliphatic carbocycles. The van der Waals surface area contributed by atoms with Crippen molar-refractivity contribution < 1.29 is 15.0 Å². The molecule has 1 amide bonds. The van der Waals surface area contributed by atoms with Crippen LogP contribution in [0.5, 0.6) is 0 Å². The second kappa shape index (κ2) is 60.2. The Bertz CT molecular complexity index is 994. The van der Waals surface area contributed by atoms with Gasteiger partial charge in [0.15, 0.2) is 0 Å². The van der Waals surface area contributed by atoms with Crippen molar-refractivity contribution in [3.05, 3.63) is 24.3 Å². The lowest BCUT2D eigenvalue weighted by Crippen LogP contribution is -2.45. The number of nitrogens with one attached hydrogen (secondary N) is 1. The third-order valence-corrected chi connectivity index (χ3v) is 14.9. The van der Waals surface area contributed by atoms with Crippen LogP contribution in [0.25, 0.3) is 0 Å². The van der Waals surface area contributed by atoms with Gasteiger partial charge < -0.3 is 15.5 Å². The number of aliphatic hydroxyl groups is 2. The molecule has 3 N–H and O–H groups in total. The lowest BCUT2D eigenvalue weighted by Gasteiger charge is -2.19. The van der Waals surface area contributed by atoms with E-state index in [-0.39, 0.29) is 12.5 Å². The van der Waals surface area contributed by atoms with E-state index in [1.165, 1.54) is 308 Å². The molecule has 0 radical (unpaired) electrons. The fourth-order valence-corrected chi connectivity index (χ4v) is 10.1. The topological polar surface area (TPSA) is 69.6 Å². The van der Waals surface area contributed by atoms with Gasteiger partial charge in [-0.2, -0.15) is 0 Å². The summed E-state index contributed by atoms with van der Waals surface area (Å²) in [7, 11) is 0. The van der Waals surface area contributed by atoms with Crippen LogP contribution in [0.3, 0.4) is 0 Å². The van der Waals surface area contributed by atoms with Crippen molar-refractivity contribution in [2.45, 2.75) is 373 Å². The number of carbonyl (C=O) groups is 1. The van der Waals surface area contributed by atoms with Gasteiger partial charge in [-0.1, -0.05) is 346 Å². The zero-order valence-electron chi connectivity index (χ0n) is 46.7. The first-order valence-corrected chi connectivity index (χ1v) is 31.6.